The second-order valence-corrected chi connectivity index (χ2v) is 8.75. The number of carbonyl (C=O) groups is 1. The van der Waals surface area contributed by atoms with Crippen LogP contribution in [0.1, 0.15) is 49.3 Å². The second-order valence-electron chi connectivity index (χ2n) is 8.75. The monoisotopic (exact) mass is 437 g/mol. The molecule has 1 aliphatic carbocycles. The Morgan fingerprint density at radius 1 is 1.16 bits per heavy atom. The molecule has 0 bridgehead atoms. The first-order valence-electron chi connectivity index (χ1n) is 11.9. The maximum Gasteiger partial charge on any atom is 0.223 e. The van der Waals surface area contributed by atoms with E-state index in [2.05, 4.69) is 43.2 Å². The average molecular weight is 438 g/mol. The molecule has 0 spiro atoms. The number of benzene rings is 1. The lowest BCUT2D eigenvalue weighted by atomic mass is 9.89. The number of hydrogen-bond donors (Lipinski definition) is 1. The van der Waals surface area contributed by atoms with Crippen LogP contribution in [0, 0.1) is 5.92 Å². The largest absolute Gasteiger partial charge is 0.496 e. The molecule has 1 aliphatic heterocycles. The molecule has 32 heavy (non-hydrogen) atoms. The first-order valence-corrected chi connectivity index (χ1v) is 11.9. The van der Waals surface area contributed by atoms with Gasteiger partial charge in [0.1, 0.15) is 17.4 Å². The molecule has 1 aromatic heterocycles. The maximum atomic E-state index is 12.4. The van der Waals surface area contributed by atoms with Gasteiger partial charge in [0, 0.05) is 57.0 Å². The maximum absolute atomic E-state index is 12.4. The first kappa shape index (κ1) is 22.5. The van der Waals surface area contributed by atoms with Gasteiger partial charge >= 0.3 is 0 Å². The predicted molar refractivity (Wildman–Crippen MR) is 125 cm³/mol. The molecule has 0 saturated heterocycles. The van der Waals surface area contributed by atoms with Gasteiger partial charge in [-0.3, -0.25) is 9.69 Å². The van der Waals surface area contributed by atoms with Gasteiger partial charge in [-0.1, -0.05) is 49.6 Å². The van der Waals surface area contributed by atoms with Gasteiger partial charge in [-0.15, -0.1) is 10.2 Å². The molecule has 0 radical (unpaired) electrons. The fraction of sp³-hybridized carbons (Fsp3) is 0.560. The third-order valence-corrected chi connectivity index (χ3v) is 6.62. The number of carbonyl (C=O) groups excluding carboxylic acids is 1. The molecule has 0 unspecified atom stereocenters. The topological polar surface area (TPSA) is 72.3 Å². The van der Waals surface area contributed by atoms with Crippen molar-refractivity contribution >= 4 is 12.0 Å². The molecule has 1 amide bonds. The number of para-hydroxylation sites is 1. The molecule has 172 valence electrons. The van der Waals surface area contributed by atoms with Crippen LogP contribution in [0.15, 0.2) is 30.3 Å². The Morgan fingerprint density at radius 3 is 2.84 bits per heavy atom. The molecule has 0 atom stereocenters. The molecule has 1 fully saturated rings. The van der Waals surface area contributed by atoms with Gasteiger partial charge in [0.05, 0.1) is 7.11 Å². The lowest BCUT2D eigenvalue weighted by Crippen LogP contribution is -2.33. The molecule has 7 heteroatoms. The number of amides is 1. The third kappa shape index (κ3) is 5.76. The van der Waals surface area contributed by atoms with Crippen molar-refractivity contribution in [2.45, 2.75) is 51.5 Å². The van der Waals surface area contributed by atoms with Gasteiger partial charge in [0.25, 0.3) is 0 Å². The van der Waals surface area contributed by atoms with E-state index in [1.54, 1.807) is 7.11 Å². The van der Waals surface area contributed by atoms with Gasteiger partial charge in [-0.25, -0.2) is 0 Å². The Hall–Kier alpha value is -2.67. The third-order valence-electron chi connectivity index (χ3n) is 6.62. The van der Waals surface area contributed by atoms with E-state index in [0.717, 1.165) is 74.8 Å². The standard InChI is InChI=1S/C25H35N5O2/c1-32-22-12-6-5-8-20(22)11-7-16-29-17-14-24-28-27-23(30(24)19-18-29)13-15-26-25(31)21-9-3-2-4-10-21/h5-8,11-12,21H,2-4,9-10,13-19H2,1H3,(H,26,31). The molecule has 1 N–H and O–H groups in total. The summed E-state index contributed by atoms with van der Waals surface area (Å²) < 4.78 is 7.67. The molecule has 4 rings (SSSR count). The van der Waals surface area contributed by atoms with Crippen LogP contribution in [0.4, 0.5) is 0 Å². The zero-order valence-electron chi connectivity index (χ0n) is 19.1. The van der Waals surface area contributed by atoms with E-state index in [4.69, 9.17) is 4.74 Å². The summed E-state index contributed by atoms with van der Waals surface area (Å²) in [5.41, 5.74) is 1.10. The van der Waals surface area contributed by atoms with E-state index in [9.17, 15) is 4.79 Å². The summed E-state index contributed by atoms with van der Waals surface area (Å²) in [6.45, 7) is 4.34. The summed E-state index contributed by atoms with van der Waals surface area (Å²) in [5, 5.41) is 12.0. The van der Waals surface area contributed by atoms with Crippen molar-refractivity contribution in [2.24, 2.45) is 5.92 Å². The van der Waals surface area contributed by atoms with E-state index in [-0.39, 0.29) is 11.8 Å². The number of methoxy groups -OCH3 is 1. The Balaban J connectivity index is 1.25. The first-order chi connectivity index (χ1) is 15.7. The molecule has 1 aromatic carbocycles. The Labute approximate surface area is 190 Å². The van der Waals surface area contributed by atoms with Crippen LogP contribution >= 0.6 is 0 Å². The van der Waals surface area contributed by atoms with E-state index in [1.807, 2.05) is 18.2 Å². The van der Waals surface area contributed by atoms with Crippen molar-refractivity contribution < 1.29 is 9.53 Å². The van der Waals surface area contributed by atoms with Gasteiger partial charge in [0.2, 0.25) is 5.91 Å². The number of fused-ring (bicyclic) bond motifs is 1. The van der Waals surface area contributed by atoms with Crippen LogP contribution in [-0.2, 0) is 24.2 Å². The zero-order chi connectivity index (χ0) is 22.2. The fourth-order valence-corrected chi connectivity index (χ4v) is 4.73. The molecular formula is C25H35N5O2. The normalized spacial score (nSPS) is 17.8. The van der Waals surface area contributed by atoms with Crippen LogP contribution in [0.5, 0.6) is 5.75 Å². The quantitative estimate of drug-likeness (QED) is 0.687. The summed E-state index contributed by atoms with van der Waals surface area (Å²) in [7, 11) is 1.70. The van der Waals surface area contributed by atoms with Crippen molar-refractivity contribution in [3.05, 3.63) is 47.6 Å². The molecule has 1 saturated carbocycles. The molecule has 7 nitrogen and oxygen atoms in total. The fourth-order valence-electron chi connectivity index (χ4n) is 4.73. The van der Waals surface area contributed by atoms with Crippen LogP contribution in [-0.4, -0.2) is 58.9 Å². The van der Waals surface area contributed by atoms with Gasteiger partial charge in [-0.2, -0.15) is 0 Å². The van der Waals surface area contributed by atoms with E-state index in [0.29, 0.717) is 6.54 Å². The molecule has 2 heterocycles. The van der Waals surface area contributed by atoms with Crippen LogP contribution in [0.25, 0.3) is 6.08 Å². The van der Waals surface area contributed by atoms with Crippen molar-refractivity contribution in [1.29, 1.82) is 0 Å². The van der Waals surface area contributed by atoms with Crippen molar-refractivity contribution in [3.63, 3.8) is 0 Å². The smallest absolute Gasteiger partial charge is 0.223 e. The predicted octanol–water partition coefficient (Wildman–Crippen LogP) is 3.10. The Bertz CT molecular complexity index is 917. The summed E-state index contributed by atoms with van der Waals surface area (Å²) in [6.07, 6.45) is 11.7. The lowest BCUT2D eigenvalue weighted by molar-refractivity contribution is -0.125. The highest BCUT2D eigenvalue weighted by Gasteiger charge is 2.21. The minimum atomic E-state index is 0.205. The summed E-state index contributed by atoms with van der Waals surface area (Å²) in [5.74, 6) is 3.35. The minimum Gasteiger partial charge on any atom is -0.496 e. The van der Waals surface area contributed by atoms with Crippen molar-refractivity contribution in [1.82, 2.24) is 25.0 Å². The number of ether oxygens (including phenoxy) is 1. The van der Waals surface area contributed by atoms with Crippen molar-refractivity contribution in [2.75, 3.05) is 33.3 Å². The molecular weight excluding hydrogens is 402 g/mol. The van der Waals surface area contributed by atoms with E-state index < -0.39 is 0 Å². The summed E-state index contributed by atoms with van der Waals surface area (Å²) in [6, 6.07) is 8.06. The molecule has 2 aromatic rings. The highest BCUT2D eigenvalue weighted by atomic mass is 16.5. The van der Waals surface area contributed by atoms with Crippen LogP contribution in [0.2, 0.25) is 0 Å². The average Bonchev–Trinajstić information content (AvgIpc) is 3.10. The van der Waals surface area contributed by atoms with Crippen molar-refractivity contribution in [3.8, 4) is 5.75 Å². The highest BCUT2D eigenvalue weighted by Crippen LogP contribution is 2.23. The number of nitrogens with one attached hydrogen (secondary N) is 1. The second kappa shape index (κ2) is 11.3. The van der Waals surface area contributed by atoms with E-state index in [1.165, 1.54) is 19.3 Å². The van der Waals surface area contributed by atoms with E-state index >= 15 is 0 Å². The van der Waals surface area contributed by atoms with Crippen LogP contribution in [0.3, 0.4) is 0 Å². The Morgan fingerprint density at radius 2 is 2.00 bits per heavy atom. The lowest BCUT2D eigenvalue weighted by Gasteiger charge is -2.20. The Kier molecular flexibility index (Phi) is 7.93. The number of rotatable bonds is 8. The molecule has 2 aliphatic rings. The van der Waals surface area contributed by atoms with Gasteiger partial charge in [0.15, 0.2) is 0 Å². The number of nitrogens with zero attached hydrogens (tertiary/aromatic N) is 4. The van der Waals surface area contributed by atoms with Crippen LogP contribution < -0.4 is 10.1 Å². The van der Waals surface area contributed by atoms with Gasteiger partial charge < -0.3 is 14.6 Å². The zero-order valence-corrected chi connectivity index (χ0v) is 19.1. The van der Waals surface area contributed by atoms with Gasteiger partial charge in [-0.05, 0) is 18.9 Å². The highest BCUT2D eigenvalue weighted by molar-refractivity contribution is 5.78. The summed E-state index contributed by atoms with van der Waals surface area (Å²) in [4.78, 5) is 14.8. The number of hydrogen-bond acceptors (Lipinski definition) is 5. The minimum absolute atomic E-state index is 0.205. The number of aromatic nitrogens is 3. The summed E-state index contributed by atoms with van der Waals surface area (Å²) >= 11 is 0. The SMILES string of the molecule is COc1ccccc1C=CCN1CCc2nnc(CCNC(=O)C3CCCCC3)n2CC1.